The molecule has 0 N–H and O–H groups in total. The molecule has 2 aliphatic rings. The molecule has 8 rings (SSSR count). The van der Waals surface area contributed by atoms with Crippen LogP contribution in [0.2, 0.25) is 0 Å². The van der Waals surface area contributed by atoms with Crippen LogP contribution in [0.25, 0.3) is 27.6 Å². The van der Waals surface area contributed by atoms with Crippen molar-refractivity contribution >= 4 is 29.0 Å². The Hall–Kier alpha value is -5.34. The van der Waals surface area contributed by atoms with Crippen LogP contribution in [-0.2, 0) is 11.8 Å². The van der Waals surface area contributed by atoms with Crippen molar-refractivity contribution in [3.8, 4) is 11.1 Å². The normalized spacial score (nSPS) is 14.6. The Morgan fingerprint density at radius 3 is 1.79 bits per heavy atom. The van der Waals surface area contributed by atoms with Crippen molar-refractivity contribution in [2.75, 3.05) is 0 Å². The maximum atomic E-state index is 5.40. The molecule has 0 saturated heterocycles. The first kappa shape index (κ1) is 24.5. The van der Waals surface area contributed by atoms with Gasteiger partial charge in [0.2, 0.25) is 0 Å². The molecular formula is C40H28N2. The minimum Gasteiger partial charge on any atom is -0.245 e. The van der Waals surface area contributed by atoms with Crippen molar-refractivity contribution < 1.29 is 0 Å². The zero-order valence-electron chi connectivity index (χ0n) is 23.2. The zero-order chi connectivity index (χ0) is 28.1. The molecule has 0 saturated carbocycles. The lowest BCUT2D eigenvalue weighted by Gasteiger charge is -2.33. The average molecular weight is 537 g/mol. The third kappa shape index (κ3) is 3.45. The molecule has 0 bridgehead atoms. The molecule has 6 aromatic rings. The summed E-state index contributed by atoms with van der Waals surface area (Å²) in [6, 6.07) is 52.1. The number of nitrogens with zero attached hydrogens (tertiary/aromatic N) is 2. The van der Waals surface area contributed by atoms with Crippen molar-refractivity contribution in [1.29, 1.82) is 0 Å². The minimum absolute atomic E-state index is 0.470. The van der Waals surface area contributed by atoms with Crippen LogP contribution in [0.15, 0.2) is 161 Å². The summed E-state index contributed by atoms with van der Waals surface area (Å²) in [5.41, 5.74) is 11.6. The predicted molar refractivity (Wildman–Crippen MR) is 175 cm³/mol. The Balaban J connectivity index is 1.50. The number of rotatable bonds is 4. The molecule has 0 amide bonds. The van der Waals surface area contributed by atoms with Gasteiger partial charge < -0.3 is 0 Å². The number of benzene rings is 6. The Labute approximate surface area is 246 Å². The van der Waals surface area contributed by atoms with E-state index in [1.54, 1.807) is 0 Å². The Bertz CT molecular complexity index is 2030. The highest BCUT2D eigenvalue weighted by Crippen LogP contribution is 2.62. The molecule has 0 heterocycles. The second-order valence-electron chi connectivity index (χ2n) is 11.0. The zero-order valence-corrected chi connectivity index (χ0v) is 23.2. The highest BCUT2D eigenvalue weighted by molar-refractivity contribution is 6.06. The fraction of sp³-hybridized carbons (Fsp3) is 0.0500. The molecule has 2 nitrogen and oxygen atoms in total. The van der Waals surface area contributed by atoms with E-state index >= 15 is 0 Å². The van der Waals surface area contributed by atoms with Gasteiger partial charge >= 0.3 is 0 Å². The molecule has 1 spiro atoms. The van der Waals surface area contributed by atoms with E-state index in [0.717, 1.165) is 23.2 Å². The number of fused-ring (bicyclic) bond motifs is 8. The van der Waals surface area contributed by atoms with Gasteiger partial charge in [0, 0.05) is 11.1 Å². The summed E-state index contributed by atoms with van der Waals surface area (Å²) >= 11 is 0. The van der Waals surface area contributed by atoms with E-state index in [1.165, 1.54) is 49.7 Å². The minimum atomic E-state index is -0.470. The summed E-state index contributed by atoms with van der Waals surface area (Å²) in [6.07, 6.45) is 0.747. The Kier molecular flexibility index (Phi) is 5.61. The van der Waals surface area contributed by atoms with E-state index in [2.05, 4.69) is 139 Å². The fourth-order valence-electron chi connectivity index (χ4n) is 7.24. The van der Waals surface area contributed by atoms with E-state index in [9.17, 15) is 0 Å². The fourth-order valence-corrected chi connectivity index (χ4v) is 7.24. The van der Waals surface area contributed by atoms with Crippen LogP contribution in [0.3, 0.4) is 0 Å². The van der Waals surface area contributed by atoms with Crippen LogP contribution in [0.4, 0.5) is 0 Å². The Morgan fingerprint density at radius 2 is 1.10 bits per heavy atom. The van der Waals surface area contributed by atoms with Gasteiger partial charge in [-0.3, -0.25) is 0 Å². The summed E-state index contributed by atoms with van der Waals surface area (Å²) in [6.45, 7) is 3.94. The molecule has 2 heteroatoms. The smallest absolute Gasteiger partial charge is 0.159 e. The van der Waals surface area contributed by atoms with Crippen molar-refractivity contribution in [1.82, 2.24) is 0 Å². The van der Waals surface area contributed by atoms with E-state index in [1.807, 2.05) is 18.2 Å². The summed E-state index contributed by atoms with van der Waals surface area (Å²) in [4.78, 5) is 9.85. The van der Waals surface area contributed by atoms with Gasteiger partial charge in [-0.1, -0.05) is 146 Å². The summed E-state index contributed by atoms with van der Waals surface area (Å²) in [5.74, 6) is 0.632. The average Bonchev–Trinajstić information content (AvgIpc) is 3.51. The van der Waals surface area contributed by atoms with E-state index in [-0.39, 0.29) is 0 Å². The molecule has 0 unspecified atom stereocenters. The van der Waals surface area contributed by atoms with Crippen LogP contribution < -0.4 is 0 Å². The highest BCUT2D eigenvalue weighted by atomic mass is 14.9. The molecular weight excluding hydrogens is 508 g/mol. The lowest BCUT2D eigenvalue weighted by atomic mass is 9.68. The first-order valence-electron chi connectivity index (χ1n) is 14.4. The second-order valence-corrected chi connectivity index (χ2v) is 11.0. The van der Waals surface area contributed by atoms with Gasteiger partial charge in [0.25, 0.3) is 0 Å². The summed E-state index contributed by atoms with van der Waals surface area (Å²) in [5, 5.41) is 2.52. The third-order valence-corrected chi connectivity index (χ3v) is 8.92. The van der Waals surface area contributed by atoms with Crippen molar-refractivity contribution in [2.24, 2.45) is 9.98 Å². The van der Waals surface area contributed by atoms with Gasteiger partial charge in [-0.25, -0.2) is 9.98 Å². The molecule has 2 aliphatic carbocycles. The lowest BCUT2D eigenvalue weighted by molar-refractivity contribution is 0.741. The lowest BCUT2D eigenvalue weighted by Crippen LogP contribution is -2.28. The van der Waals surface area contributed by atoms with Gasteiger partial charge in [-0.05, 0) is 62.9 Å². The quantitative estimate of drug-likeness (QED) is 0.158. The topological polar surface area (TPSA) is 24.7 Å². The molecule has 6 aromatic carbocycles. The van der Waals surface area contributed by atoms with Crippen LogP contribution in [-0.4, -0.2) is 12.6 Å². The van der Waals surface area contributed by atoms with E-state index < -0.39 is 5.41 Å². The largest absolute Gasteiger partial charge is 0.245 e. The summed E-state index contributed by atoms with van der Waals surface area (Å²) < 4.78 is 0. The Morgan fingerprint density at radius 1 is 0.548 bits per heavy atom. The SMILES string of the molecule is C=NC(=NC1=C(Cc2cccc3ccccc23)C2(c3ccccc31)c1ccccc1-c1ccccc12)c1ccccc1. The monoisotopic (exact) mass is 536 g/mol. The number of aliphatic imine (C=N–C) groups is 2. The third-order valence-electron chi connectivity index (χ3n) is 8.92. The first-order valence-corrected chi connectivity index (χ1v) is 14.4. The first-order chi connectivity index (χ1) is 20.8. The van der Waals surface area contributed by atoms with Crippen molar-refractivity contribution in [3.05, 3.63) is 185 Å². The maximum Gasteiger partial charge on any atom is 0.159 e. The highest BCUT2D eigenvalue weighted by Gasteiger charge is 2.52. The molecule has 0 atom stereocenters. The van der Waals surface area contributed by atoms with Gasteiger partial charge in [0.05, 0.1) is 11.1 Å². The molecule has 42 heavy (non-hydrogen) atoms. The van der Waals surface area contributed by atoms with Crippen LogP contribution in [0.1, 0.15) is 33.4 Å². The summed E-state index contributed by atoms with van der Waals surface area (Å²) in [7, 11) is 0. The van der Waals surface area contributed by atoms with Crippen LogP contribution >= 0.6 is 0 Å². The molecule has 198 valence electrons. The maximum absolute atomic E-state index is 5.40. The van der Waals surface area contributed by atoms with Crippen LogP contribution in [0, 0.1) is 0 Å². The molecule has 0 fully saturated rings. The number of allylic oxidation sites excluding steroid dienone is 1. The molecule has 0 radical (unpaired) electrons. The number of amidine groups is 1. The van der Waals surface area contributed by atoms with Crippen molar-refractivity contribution in [3.63, 3.8) is 0 Å². The van der Waals surface area contributed by atoms with Gasteiger partial charge in [0.1, 0.15) is 0 Å². The number of hydrogen-bond acceptors (Lipinski definition) is 1. The van der Waals surface area contributed by atoms with Crippen molar-refractivity contribution in [2.45, 2.75) is 11.8 Å². The number of hydrogen-bond donors (Lipinski definition) is 0. The van der Waals surface area contributed by atoms with Crippen LogP contribution in [0.5, 0.6) is 0 Å². The molecule has 0 aromatic heterocycles. The van der Waals surface area contributed by atoms with E-state index in [0.29, 0.717) is 5.84 Å². The standard InChI is InChI=1S/C40H28N2/c1-41-39(28-15-3-2-4-16-28)42-38-33-22-9-12-25-36(33)40(34-23-10-7-20-31(34)32-21-8-11-24-35(32)40)37(38)26-29-18-13-17-27-14-5-6-19-30(27)29/h2-25H,1,26H2. The van der Waals surface area contributed by atoms with Gasteiger partial charge in [0.15, 0.2) is 5.84 Å². The second kappa shape index (κ2) is 9.64. The predicted octanol–water partition coefficient (Wildman–Crippen LogP) is 9.27. The van der Waals surface area contributed by atoms with E-state index in [4.69, 9.17) is 4.99 Å². The van der Waals surface area contributed by atoms with Gasteiger partial charge in [-0.15, -0.1) is 0 Å². The van der Waals surface area contributed by atoms with Gasteiger partial charge in [-0.2, -0.15) is 0 Å². The molecule has 0 aliphatic heterocycles.